The first-order valence-electron chi connectivity index (χ1n) is 4.14. The van der Waals surface area contributed by atoms with Gasteiger partial charge in [-0.25, -0.2) is 8.78 Å². The van der Waals surface area contributed by atoms with Gasteiger partial charge in [0.15, 0.2) is 17.4 Å². The number of nitrogens with two attached hydrogens (primary N) is 1. The van der Waals surface area contributed by atoms with E-state index in [1.807, 2.05) is 0 Å². The van der Waals surface area contributed by atoms with Gasteiger partial charge in [0.1, 0.15) is 6.61 Å². The third kappa shape index (κ3) is 1.33. The molecule has 0 aliphatic carbocycles. The molecule has 0 radical (unpaired) electrons. The van der Waals surface area contributed by atoms with E-state index in [0.717, 1.165) is 6.07 Å². The van der Waals surface area contributed by atoms with Gasteiger partial charge in [-0.3, -0.25) is 0 Å². The average Bonchev–Trinajstić information content (AvgIpc) is 2.14. The highest BCUT2D eigenvalue weighted by molar-refractivity contribution is 5.38. The van der Waals surface area contributed by atoms with Gasteiger partial charge in [0.05, 0.1) is 0 Å². The summed E-state index contributed by atoms with van der Waals surface area (Å²) in [6.07, 6.45) is 0.295. The number of halogens is 3. The van der Waals surface area contributed by atoms with E-state index in [1.165, 1.54) is 0 Å². The Kier molecular flexibility index (Phi) is 2.11. The van der Waals surface area contributed by atoms with E-state index in [9.17, 15) is 13.2 Å². The normalized spacial score (nSPS) is 20.1. The summed E-state index contributed by atoms with van der Waals surface area (Å²) >= 11 is 0. The van der Waals surface area contributed by atoms with E-state index in [1.54, 1.807) is 0 Å². The van der Waals surface area contributed by atoms with Crippen molar-refractivity contribution in [2.75, 3.05) is 6.61 Å². The third-order valence-electron chi connectivity index (χ3n) is 2.12. The highest BCUT2D eigenvalue weighted by Gasteiger charge is 2.25. The van der Waals surface area contributed by atoms with Crippen molar-refractivity contribution in [3.05, 3.63) is 29.1 Å². The largest absolute Gasteiger partial charge is 0.488 e. The van der Waals surface area contributed by atoms with Crippen LogP contribution in [0.15, 0.2) is 6.07 Å². The van der Waals surface area contributed by atoms with Crippen molar-refractivity contribution in [3.8, 4) is 5.75 Å². The van der Waals surface area contributed by atoms with Crippen LogP contribution in [0.4, 0.5) is 13.2 Å². The summed E-state index contributed by atoms with van der Waals surface area (Å²) in [5.74, 6) is -4.20. The highest BCUT2D eigenvalue weighted by atomic mass is 19.2. The summed E-state index contributed by atoms with van der Waals surface area (Å²) in [5.41, 5.74) is 5.80. The van der Waals surface area contributed by atoms with Crippen molar-refractivity contribution < 1.29 is 17.9 Å². The number of hydrogen-bond donors (Lipinski definition) is 1. The first kappa shape index (κ1) is 9.33. The van der Waals surface area contributed by atoms with Crippen LogP contribution in [0, 0.1) is 17.5 Å². The molecule has 76 valence electrons. The van der Waals surface area contributed by atoms with Gasteiger partial charge in [-0.15, -0.1) is 0 Å². The smallest absolute Gasteiger partial charge is 0.203 e. The van der Waals surface area contributed by atoms with E-state index in [-0.39, 0.29) is 24.0 Å². The fraction of sp³-hybridized carbons (Fsp3) is 0.333. The maximum atomic E-state index is 13.1. The van der Waals surface area contributed by atoms with Gasteiger partial charge < -0.3 is 10.5 Å². The average molecular weight is 203 g/mol. The molecule has 0 saturated heterocycles. The molecule has 1 atom stereocenters. The summed E-state index contributed by atoms with van der Waals surface area (Å²) in [6, 6.07) is 0.624. The fourth-order valence-electron chi connectivity index (χ4n) is 1.47. The molecule has 1 heterocycles. The van der Waals surface area contributed by atoms with Crippen LogP contribution in [-0.4, -0.2) is 12.6 Å². The second-order valence-corrected chi connectivity index (χ2v) is 3.25. The first-order chi connectivity index (χ1) is 6.59. The number of ether oxygens (including phenoxy) is 1. The quantitative estimate of drug-likeness (QED) is 0.646. The third-order valence-corrected chi connectivity index (χ3v) is 2.12. The fourth-order valence-corrected chi connectivity index (χ4v) is 1.47. The van der Waals surface area contributed by atoms with E-state index >= 15 is 0 Å². The number of fused-ring (bicyclic) bond motifs is 1. The Bertz CT molecular complexity index is 381. The summed E-state index contributed by atoms with van der Waals surface area (Å²) in [7, 11) is 0. The van der Waals surface area contributed by atoms with Gasteiger partial charge in [-0.2, -0.15) is 4.39 Å². The van der Waals surface area contributed by atoms with E-state index in [2.05, 4.69) is 0 Å². The predicted molar refractivity (Wildman–Crippen MR) is 43.5 cm³/mol. The van der Waals surface area contributed by atoms with E-state index < -0.39 is 17.5 Å². The molecule has 5 heteroatoms. The van der Waals surface area contributed by atoms with Crippen LogP contribution in [-0.2, 0) is 6.42 Å². The second kappa shape index (κ2) is 3.16. The Balaban J connectivity index is 2.54. The van der Waals surface area contributed by atoms with Crippen LogP contribution in [0.1, 0.15) is 5.56 Å². The Morgan fingerprint density at radius 1 is 1.29 bits per heavy atom. The van der Waals surface area contributed by atoms with Crippen molar-refractivity contribution in [2.45, 2.75) is 12.5 Å². The minimum absolute atomic E-state index is 0.120. The molecule has 0 aromatic heterocycles. The van der Waals surface area contributed by atoms with Crippen LogP contribution >= 0.6 is 0 Å². The lowest BCUT2D eigenvalue weighted by molar-refractivity contribution is 0.243. The topological polar surface area (TPSA) is 35.2 Å². The number of benzene rings is 1. The Morgan fingerprint density at radius 2 is 2.00 bits per heavy atom. The molecule has 2 nitrogen and oxygen atoms in total. The van der Waals surface area contributed by atoms with E-state index in [4.69, 9.17) is 10.5 Å². The molecule has 2 rings (SSSR count). The van der Waals surface area contributed by atoms with Gasteiger partial charge in [0.2, 0.25) is 5.82 Å². The zero-order valence-corrected chi connectivity index (χ0v) is 7.19. The van der Waals surface area contributed by atoms with Crippen molar-refractivity contribution in [1.82, 2.24) is 0 Å². The number of rotatable bonds is 0. The van der Waals surface area contributed by atoms with Crippen LogP contribution in [0.25, 0.3) is 0 Å². The van der Waals surface area contributed by atoms with Crippen molar-refractivity contribution in [3.63, 3.8) is 0 Å². The predicted octanol–water partition coefficient (Wildman–Crippen LogP) is 1.37. The molecular formula is C9H8F3NO. The lowest BCUT2D eigenvalue weighted by atomic mass is 10.0. The monoisotopic (exact) mass is 203 g/mol. The lowest BCUT2D eigenvalue weighted by Crippen LogP contribution is -2.34. The van der Waals surface area contributed by atoms with E-state index in [0.29, 0.717) is 6.42 Å². The van der Waals surface area contributed by atoms with Crippen LogP contribution in [0.2, 0.25) is 0 Å². The minimum Gasteiger partial charge on any atom is -0.488 e. The Morgan fingerprint density at radius 3 is 2.71 bits per heavy atom. The van der Waals surface area contributed by atoms with Crippen LogP contribution < -0.4 is 10.5 Å². The minimum atomic E-state index is -1.50. The molecule has 1 aliphatic rings. The molecule has 1 aromatic rings. The summed E-state index contributed by atoms with van der Waals surface area (Å²) in [6.45, 7) is 0.120. The van der Waals surface area contributed by atoms with Gasteiger partial charge in [0.25, 0.3) is 0 Å². The van der Waals surface area contributed by atoms with Crippen LogP contribution in [0.5, 0.6) is 5.75 Å². The first-order valence-corrected chi connectivity index (χ1v) is 4.14. The van der Waals surface area contributed by atoms with Gasteiger partial charge in [-0.1, -0.05) is 0 Å². The molecule has 0 bridgehead atoms. The summed E-state index contributed by atoms with van der Waals surface area (Å²) < 4.78 is 43.5. The Hall–Kier alpha value is -1.23. The molecule has 0 fully saturated rings. The standard InChI is InChI=1S/C9H8F3NO/c10-6-2-4-1-5(13)3-14-9(4)8(12)7(6)11/h2,5H,1,3,13H2/t5-/m1/s1. The molecule has 1 aliphatic heterocycles. The molecule has 0 spiro atoms. The van der Waals surface area contributed by atoms with Gasteiger partial charge in [0, 0.05) is 11.6 Å². The molecule has 1 aromatic carbocycles. The zero-order valence-electron chi connectivity index (χ0n) is 7.19. The second-order valence-electron chi connectivity index (χ2n) is 3.25. The summed E-state index contributed by atoms with van der Waals surface area (Å²) in [5, 5.41) is 0. The van der Waals surface area contributed by atoms with Gasteiger partial charge >= 0.3 is 0 Å². The molecule has 0 amide bonds. The molecule has 14 heavy (non-hydrogen) atoms. The Labute approximate surface area is 78.5 Å². The van der Waals surface area contributed by atoms with Crippen molar-refractivity contribution in [2.24, 2.45) is 5.73 Å². The van der Waals surface area contributed by atoms with Crippen molar-refractivity contribution >= 4 is 0 Å². The van der Waals surface area contributed by atoms with Gasteiger partial charge in [-0.05, 0) is 12.5 Å². The van der Waals surface area contributed by atoms with Crippen molar-refractivity contribution in [1.29, 1.82) is 0 Å². The SMILES string of the molecule is N[C@H]1COc2c(cc(F)c(F)c2F)C1. The molecule has 0 unspecified atom stereocenters. The highest BCUT2D eigenvalue weighted by Crippen LogP contribution is 2.30. The van der Waals surface area contributed by atoms with Crippen LogP contribution in [0.3, 0.4) is 0 Å². The lowest BCUT2D eigenvalue weighted by Gasteiger charge is -2.22. The molecule has 0 saturated carbocycles. The zero-order chi connectivity index (χ0) is 10.3. The maximum Gasteiger partial charge on any atom is 0.203 e. The number of hydrogen-bond acceptors (Lipinski definition) is 2. The molecule has 2 N–H and O–H groups in total. The molecular weight excluding hydrogens is 195 g/mol. The maximum absolute atomic E-state index is 13.1. The summed E-state index contributed by atoms with van der Waals surface area (Å²) in [4.78, 5) is 0.